The van der Waals surface area contributed by atoms with Crippen molar-refractivity contribution in [3.63, 3.8) is 0 Å². The molecule has 2 rings (SSSR count). The predicted molar refractivity (Wildman–Crippen MR) is 72.1 cm³/mol. The summed E-state index contributed by atoms with van der Waals surface area (Å²) in [6.45, 7) is 0. The first-order valence-corrected chi connectivity index (χ1v) is 6.04. The van der Waals surface area contributed by atoms with Crippen molar-refractivity contribution in [2.75, 3.05) is 5.73 Å². The van der Waals surface area contributed by atoms with Gasteiger partial charge >= 0.3 is 6.18 Å². The minimum absolute atomic E-state index is 0.0118. The van der Waals surface area contributed by atoms with E-state index in [9.17, 15) is 13.2 Å². The van der Waals surface area contributed by atoms with Crippen molar-refractivity contribution in [2.45, 2.75) is 6.18 Å². The van der Waals surface area contributed by atoms with Crippen LogP contribution in [0, 0.1) is 11.3 Å². The van der Waals surface area contributed by atoms with Gasteiger partial charge in [-0.2, -0.15) is 18.4 Å². The summed E-state index contributed by atoms with van der Waals surface area (Å²) < 4.78 is 44.2. The van der Waals surface area contributed by atoms with Crippen molar-refractivity contribution in [3.05, 3.63) is 52.5 Å². The molecule has 0 radical (unpaired) electrons. The molecule has 0 fully saturated rings. The number of benzene rings is 2. The van der Waals surface area contributed by atoms with E-state index in [1.165, 1.54) is 24.3 Å². The van der Waals surface area contributed by atoms with E-state index < -0.39 is 17.5 Å². The SMILES string of the molecule is N#Cc1ccc(Oc2cccc(Cl)c2N)c(C(F)(F)F)c1. The second-order valence-electron chi connectivity index (χ2n) is 4.07. The number of alkyl halides is 3. The summed E-state index contributed by atoms with van der Waals surface area (Å²) in [6, 6.07) is 9.07. The third-order valence-electron chi connectivity index (χ3n) is 2.65. The summed E-state index contributed by atoms with van der Waals surface area (Å²) in [5.41, 5.74) is 4.52. The van der Waals surface area contributed by atoms with Gasteiger partial charge in [-0.1, -0.05) is 17.7 Å². The van der Waals surface area contributed by atoms with Gasteiger partial charge in [-0.25, -0.2) is 0 Å². The number of hydrogen-bond donors (Lipinski definition) is 1. The number of para-hydroxylation sites is 1. The average Bonchev–Trinajstić information content (AvgIpc) is 2.43. The van der Waals surface area contributed by atoms with E-state index in [1.54, 1.807) is 6.07 Å². The number of halogens is 4. The Morgan fingerprint density at radius 2 is 1.86 bits per heavy atom. The molecule has 2 aromatic rings. The summed E-state index contributed by atoms with van der Waals surface area (Å²) in [5.74, 6) is -0.437. The van der Waals surface area contributed by atoms with Crippen LogP contribution in [0.4, 0.5) is 18.9 Å². The zero-order valence-corrected chi connectivity index (χ0v) is 11.2. The van der Waals surface area contributed by atoms with Crippen LogP contribution in [0.25, 0.3) is 0 Å². The minimum atomic E-state index is -4.66. The molecule has 2 aromatic carbocycles. The molecule has 0 saturated heterocycles. The highest BCUT2D eigenvalue weighted by atomic mass is 35.5. The number of hydrogen-bond acceptors (Lipinski definition) is 3. The molecule has 21 heavy (non-hydrogen) atoms. The lowest BCUT2D eigenvalue weighted by Crippen LogP contribution is -2.08. The lowest BCUT2D eigenvalue weighted by Gasteiger charge is -2.15. The van der Waals surface area contributed by atoms with E-state index in [0.29, 0.717) is 0 Å². The Morgan fingerprint density at radius 3 is 2.48 bits per heavy atom. The fraction of sp³-hybridized carbons (Fsp3) is 0.0714. The van der Waals surface area contributed by atoms with Crippen molar-refractivity contribution < 1.29 is 17.9 Å². The third-order valence-corrected chi connectivity index (χ3v) is 2.98. The van der Waals surface area contributed by atoms with Gasteiger partial charge in [0.25, 0.3) is 0 Å². The van der Waals surface area contributed by atoms with Crippen LogP contribution < -0.4 is 10.5 Å². The fourth-order valence-corrected chi connectivity index (χ4v) is 1.80. The number of ether oxygens (including phenoxy) is 1. The van der Waals surface area contributed by atoms with Crippen LogP contribution in [0.1, 0.15) is 11.1 Å². The zero-order chi connectivity index (χ0) is 15.6. The van der Waals surface area contributed by atoms with Crippen LogP contribution in [-0.2, 0) is 6.18 Å². The van der Waals surface area contributed by atoms with Crippen LogP contribution in [0.2, 0.25) is 5.02 Å². The summed E-state index contributed by atoms with van der Waals surface area (Å²) in [4.78, 5) is 0. The Hall–Kier alpha value is -2.39. The zero-order valence-electron chi connectivity index (χ0n) is 10.4. The van der Waals surface area contributed by atoms with Crippen molar-refractivity contribution in [1.29, 1.82) is 5.26 Å². The maximum atomic E-state index is 13.0. The van der Waals surface area contributed by atoms with E-state index in [-0.39, 0.29) is 22.0 Å². The predicted octanol–water partition coefficient (Wildman–Crippen LogP) is 4.60. The van der Waals surface area contributed by atoms with Gasteiger partial charge in [0.1, 0.15) is 5.75 Å². The van der Waals surface area contributed by atoms with Gasteiger partial charge < -0.3 is 10.5 Å². The first kappa shape index (κ1) is 15.0. The van der Waals surface area contributed by atoms with E-state index in [4.69, 9.17) is 27.3 Å². The molecule has 108 valence electrons. The number of rotatable bonds is 2. The first-order valence-electron chi connectivity index (χ1n) is 5.66. The molecule has 0 aromatic heterocycles. The topological polar surface area (TPSA) is 59.0 Å². The second-order valence-corrected chi connectivity index (χ2v) is 4.48. The summed E-state index contributed by atoms with van der Waals surface area (Å²) >= 11 is 5.79. The molecule has 0 spiro atoms. The summed E-state index contributed by atoms with van der Waals surface area (Å²) in [5, 5.41) is 8.87. The Bertz CT molecular complexity index is 723. The van der Waals surface area contributed by atoms with Crippen LogP contribution >= 0.6 is 11.6 Å². The van der Waals surface area contributed by atoms with Gasteiger partial charge in [-0.05, 0) is 30.3 Å². The number of nitriles is 1. The molecule has 0 atom stereocenters. The quantitative estimate of drug-likeness (QED) is 0.824. The van der Waals surface area contributed by atoms with Gasteiger partial charge in [0.15, 0.2) is 5.75 Å². The van der Waals surface area contributed by atoms with Crippen LogP contribution in [-0.4, -0.2) is 0 Å². The summed E-state index contributed by atoms with van der Waals surface area (Å²) in [7, 11) is 0. The Labute approximate surface area is 123 Å². The van der Waals surface area contributed by atoms with Crippen molar-refractivity contribution in [3.8, 4) is 17.6 Å². The molecule has 0 saturated carbocycles. The highest BCUT2D eigenvalue weighted by Gasteiger charge is 2.35. The normalized spacial score (nSPS) is 11.0. The maximum Gasteiger partial charge on any atom is 0.420 e. The lowest BCUT2D eigenvalue weighted by molar-refractivity contribution is -0.138. The molecule has 7 heteroatoms. The molecule has 2 N–H and O–H groups in total. The maximum absolute atomic E-state index is 13.0. The number of nitrogens with zero attached hydrogens (tertiary/aromatic N) is 1. The molecule has 0 aliphatic heterocycles. The Morgan fingerprint density at radius 1 is 1.14 bits per heavy atom. The Kier molecular flexibility index (Phi) is 3.96. The average molecular weight is 313 g/mol. The monoisotopic (exact) mass is 312 g/mol. The van der Waals surface area contributed by atoms with Crippen molar-refractivity contribution in [1.82, 2.24) is 0 Å². The van der Waals surface area contributed by atoms with Crippen LogP contribution in [0.5, 0.6) is 11.5 Å². The van der Waals surface area contributed by atoms with Crippen LogP contribution in [0.3, 0.4) is 0 Å². The lowest BCUT2D eigenvalue weighted by atomic mass is 10.1. The minimum Gasteiger partial charge on any atom is -0.455 e. The highest BCUT2D eigenvalue weighted by Crippen LogP contribution is 2.40. The second kappa shape index (κ2) is 5.54. The Balaban J connectivity index is 2.50. The standard InChI is InChI=1S/C14H8ClF3N2O/c15-10-2-1-3-12(13(10)20)21-11-5-4-8(7-19)6-9(11)14(16,17)18/h1-6H,20H2. The molecule has 3 nitrogen and oxygen atoms in total. The van der Waals surface area contributed by atoms with Crippen LogP contribution in [0.15, 0.2) is 36.4 Å². The molecule has 0 amide bonds. The van der Waals surface area contributed by atoms with E-state index in [2.05, 4.69) is 0 Å². The number of nitrogen functional groups attached to an aromatic ring is 1. The van der Waals surface area contributed by atoms with Gasteiger partial charge in [0, 0.05) is 0 Å². The summed E-state index contributed by atoms with van der Waals surface area (Å²) in [6.07, 6.45) is -4.66. The molecule has 0 bridgehead atoms. The van der Waals surface area contributed by atoms with Gasteiger partial charge in [0.2, 0.25) is 0 Å². The molecule has 0 unspecified atom stereocenters. The fourth-order valence-electron chi connectivity index (χ4n) is 1.63. The van der Waals surface area contributed by atoms with Gasteiger partial charge in [0.05, 0.1) is 27.9 Å². The third kappa shape index (κ3) is 3.20. The molecule has 0 aliphatic carbocycles. The molecular weight excluding hydrogens is 305 g/mol. The van der Waals surface area contributed by atoms with Gasteiger partial charge in [-0.15, -0.1) is 0 Å². The van der Waals surface area contributed by atoms with Crippen molar-refractivity contribution in [2.24, 2.45) is 0 Å². The number of anilines is 1. The highest BCUT2D eigenvalue weighted by molar-refractivity contribution is 6.33. The molecular formula is C14H8ClF3N2O. The molecule has 0 aliphatic rings. The molecule has 0 heterocycles. The van der Waals surface area contributed by atoms with Gasteiger partial charge in [-0.3, -0.25) is 0 Å². The first-order chi connectivity index (χ1) is 9.82. The smallest absolute Gasteiger partial charge is 0.420 e. The van der Waals surface area contributed by atoms with Crippen molar-refractivity contribution >= 4 is 17.3 Å². The largest absolute Gasteiger partial charge is 0.455 e. The van der Waals surface area contributed by atoms with E-state index in [0.717, 1.165) is 12.1 Å². The van der Waals surface area contributed by atoms with E-state index >= 15 is 0 Å². The van der Waals surface area contributed by atoms with E-state index in [1.807, 2.05) is 0 Å². The number of nitrogens with two attached hydrogens (primary N) is 1.